The number of ether oxygens (including phenoxy) is 1. The van der Waals surface area contributed by atoms with Gasteiger partial charge in [-0.2, -0.15) is 8.42 Å². The number of rotatable bonds is 3. The lowest BCUT2D eigenvalue weighted by molar-refractivity contribution is -0.0345. The van der Waals surface area contributed by atoms with Gasteiger partial charge in [0.25, 0.3) is 10.1 Å². The molecule has 2 atom stereocenters. The Hall–Kier alpha value is 0.0500. The molecule has 0 amide bonds. The monoisotopic (exact) mass is 412 g/mol. The molecule has 1 aliphatic rings. The van der Waals surface area contributed by atoms with Crippen molar-refractivity contribution in [3.05, 3.63) is 32.7 Å². The van der Waals surface area contributed by atoms with Crippen molar-refractivity contribution in [3.8, 4) is 0 Å². The Bertz CT molecular complexity index is 559. The lowest BCUT2D eigenvalue weighted by Crippen LogP contribution is -2.28. The average molecular weight is 414 g/mol. The smallest absolute Gasteiger partial charge is 0.264 e. The van der Waals surface area contributed by atoms with Gasteiger partial charge in [-0.05, 0) is 30.2 Å². The fourth-order valence-electron chi connectivity index (χ4n) is 2.08. The van der Waals surface area contributed by atoms with Crippen LogP contribution in [0, 0.1) is 0 Å². The quantitative estimate of drug-likeness (QED) is 0.712. The zero-order valence-electron chi connectivity index (χ0n) is 10.3. The van der Waals surface area contributed by atoms with Crippen molar-refractivity contribution >= 4 is 42.0 Å². The van der Waals surface area contributed by atoms with Gasteiger partial charge in [-0.25, -0.2) is 0 Å². The highest BCUT2D eigenvalue weighted by Gasteiger charge is 2.28. The lowest BCUT2D eigenvalue weighted by atomic mass is 9.99. The van der Waals surface area contributed by atoms with Crippen LogP contribution < -0.4 is 0 Å². The molecule has 4 nitrogen and oxygen atoms in total. The summed E-state index contributed by atoms with van der Waals surface area (Å²) in [6.07, 6.45) is 1.72. The van der Waals surface area contributed by atoms with Gasteiger partial charge in [0.15, 0.2) is 0 Å². The van der Waals surface area contributed by atoms with Crippen LogP contribution in [0.5, 0.6) is 0 Å². The van der Waals surface area contributed by atoms with Gasteiger partial charge in [0.05, 0.1) is 18.5 Å². The van der Waals surface area contributed by atoms with Crippen LogP contribution in [0.2, 0.25) is 0 Å². The highest BCUT2D eigenvalue weighted by atomic mass is 79.9. The maximum Gasteiger partial charge on any atom is 0.264 e. The molecule has 1 heterocycles. The first-order valence-corrected chi connectivity index (χ1v) is 9.20. The van der Waals surface area contributed by atoms with Crippen molar-refractivity contribution in [2.24, 2.45) is 0 Å². The molecule has 0 radical (unpaired) electrons. The molecule has 0 bridgehead atoms. The molecule has 19 heavy (non-hydrogen) atoms. The first kappa shape index (κ1) is 15.4. The summed E-state index contributed by atoms with van der Waals surface area (Å²) in [6, 6.07) is 5.84. The number of halogens is 2. The van der Waals surface area contributed by atoms with Crippen LogP contribution >= 0.6 is 31.9 Å². The second kappa shape index (κ2) is 6.22. The van der Waals surface area contributed by atoms with Gasteiger partial charge in [-0.1, -0.05) is 31.9 Å². The van der Waals surface area contributed by atoms with E-state index in [1.807, 2.05) is 18.2 Å². The van der Waals surface area contributed by atoms with Gasteiger partial charge in [0.1, 0.15) is 0 Å². The normalized spacial score (nSPS) is 24.4. The van der Waals surface area contributed by atoms with E-state index in [1.54, 1.807) is 0 Å². The second-order valence-electron chi connectivity index (χ2n) is 4.47. The maximum atomic E-state index is 11.2. The van der Waals surface area contributed by atoms with E-state index < -0.39 is 10.1 Å². The highest BCUT2D eigenvalue weighted by Crippen LogP contribution is 2.35. The Balaban J connectivity index is 2.15. The van der Waals surface area contributed by atoms with E-state index in [4.69, 9.17) is 8.92 Å². The Morgan fingerprint density at radius 3 is 2.79 bits per heavy atom. The molecule has 0 aliphatic carbocycles. The van der Waals surface area contributed by atoms with E-state index in [0.717, 1.165) is 20.8 Å². The molecule has 2 rings (SSSR count). The first-order chi connectivity index (χ1) is 8.85. The molecule has 0 N–H and O–H groups in total. The van der Waals surface area contributed by atoms with Crippen LogP contribution in [-0.4, -0.2) is 27.4 Å². The molecular weight excluding hydrogens is 400 g/mol. The van der Waals surface area contributed by atoms with Crippen molar-refractivity contribution in [2.75, 3.05) is 12.9 Å². The maximum absolute atomic E-state index is 11.2. The third-order valence-electron chi connectivity index (χ3n) is 2.85. The number of benzene rings is 1. The molecule has 1 saturated heterocycles. The number of hydrogen-bond donors (Lipinski definition) is 0. The molecular formula is C12H14Br2O4S. The third kappa shape index (κ3) is 4.53. The second-order valence-corrected chi connectivity index (χ2v) is 7.84. The van der Waals surface area contributed by atoms with E-state index >= 15 is 0 Å². The van der Waals surface area contributed by atoms with Crippen LogP contribution in [0.15, 0.2) is 27.1 Å². The lowest BCUT2D eigenvalue weighted by Gasteiger charge is -2.29. The molecule has 1 aromatic rings. The minimum atomic E-state index is -3.42. The molecule has 1 fully saturated rings. The standard InChI is InChI=1S/C12H14Br2O4S/c1-19(15,16)18-9-4-5-17-12(7-9)10-6-8(13)2-3-11(10)14/h2-3,6,9,12H,4-5,7H2,1H3. The molecule has 1 aromatic carbocycles. The summed E-state index contributed by atoms with van der Waals surface area (Å²) in [6.45, 7) is 0.490. The van der Waals surface area contributed by atoms with Crippen molar-refractivity contribution in [2.45, 2.75) is 25.0 Å². The Morgan fingerprint density at radius 1 is 1.37 bits per heavy atom. The van der Waals surface area contributed by atoms with Gasteiger partial charge >= 0.3 is 0 Å². The van der Waals surface area contributed by atoms with E-state index in [0.29, 0.717) is 19.4 Å². The Labute approximate surface area is 129 Å². The summed E-state index contributed by atoms with van der Waals surface area (Å²) in [4.78, 5) is 0. The zero-order valence-corrected chi connectivity index (χ0v) is 14.3. The van der Waals surface area contributed by atoms with Crippen LogP contribution in [0.4, 0.5) is 0 Å². The first-order valence-electron chi connectivity index (χ1n) is 5.80. The predicted octanol–water partition coefficient (Wildman–Crippen LogP) is 3.41. The van der Waals surface area contributed by atoms with E-state index in [9.17, 15) is 8.42 Å². The fraction of sp³-hybridized carbons (Fsp3) is 0.500. The van der Waals surface area contributed by atoms with Crippen LogP contribution in [0.25, 0.3) is 0 Å². The highest BCUT2D eigenvalue weighted by molar-refractivity contribution is 9.11. The van der Waals surface area contributed by atoms with Crippen molar-refractivity contribution in [1.82, 2.24) is 0 Å². The van der Waals surface area contributed by atoms with Crippen LogP contribution in [0.3, 0.4) is 0 Å². The minimum absolute atomic E-state index is 0.160. The SMILES string of the molecule is CS(=O)(=O)OC1CCOC(c2cc(Br)ccc2Br)C1. The molecule has 0 aromatic heterocycles. The third-order valence-corrected chi connectivity index (χ3v) is 4.69. The van der Waals surface area contributed by atoms with Gasteiger partial charge in [-0.15, -0.1) is 0 Å². The minimum Gasteiger partial charge on any atom is -0.373 e. The molecule has 7 heteroatoms. The largest absolute Gasteiger partial charge is 0.373 e. The zero-order chi connectivity index (χ0) is 14.0. The Kier molecular flexibility index (Phi) is 5.05. The van der Waals surface area contributed by atoms with Gasteiger partial charge in [0, 0.05) is 22.0 Å². The number of hydrogen-bond acceptors (Lipinski definition) is 4. The summed E-state index contributed by atoms with van der Waals surface area (Å²) < 4.78 is 35.1. The van der Waals surface area contributed by atoms with Crippen LogP contribution in [-0.2, 0) is 19.0 Å². The molecule has 1 aliphatic heterocycles. The van der Waals surface area contributed by atoms with Gasteiger partial charge in [-0.3, -0.25) is 4.18 Å². The van der Waals surface area contributed by atoms with Crippen molar-refractivity contribution in [1.29, 1.82) is 0 Å². The van der Waals surface area contributed by atoms with E-state index in [2.05, 4.69) is 31.9 Å². The van der Waals surface area contributed by atoms with Gasteiger partial charge < -0.3 is 4.74 Å². The van der Waals surface area contributed by atoms with Crippen molar-refractivity contribution < 1.29 is 17.3 Å². The summed E-state index contributed by atoms with van der Waals surface area (Å²) in [5, 5.41) is 0. The summed E-state index contributed by atoms with van der Waals surface area (Å²) >= 11 is 6.91. The molecule has 0 spiro atoms. The molecule has 2 unspecified atom stereocenters. The average Bonchev–Trinajstić information content (AvgIpc) is 2.30. The van der Waals surface area contributed by atoms with Gasteiger partial charge in [0.2, 0.25) is 0 Å². The van der Waals surface area contributed by atoms with Crippen LogP contribution in [0.1, 0.15) is 24.5 Å². The van der Waals surface area contributed by atoms with Crippen molar-refractivity contribution in [3.63, 3.8) is 0 Å². The summed E-state index contributed by atoms with van der Waals surface area (Å²) in [5.74, 6) is 0. The Morgan fingerprint density at radius 2 is 2.11 bits per heavy atom. The van der Waals surface area contributed by atoms with E-state index in [1.165, 1.54) is 0 Å². The fourth-order valence-corrected chi connectivity index (χ4v) is 3.63. The summed E-state index contributed by atoms with van der Waals surface area (Å²) in [7, 11) is -3.42. The topological polar surface area (TPSA) is 52.6 Å². The predicted molar refractivity (Wildman–Crippen MR) is 79.5 cm³/mol. The summed E-state index contributed by atoms with van der Waals surface area (Å²) in [5.41, 5.74) is 0.996. The molecule has 0 saturated carbocycles. The molecule has 106 valence electrons. The van der Waals surface area contributed by atoms with E-state index in [-0.39, 0.29) is 12.2 Å².